The minimum Gasteiger partial charge on any atom is -0.350 e. The first-order valence-electron chi connectivity index (χ1n) is 7.58. The summed E-state index contributed by atoms with van der Waals surface area (Å²) in [5.41, 5.74) is 0.0998. The molecule has 0 saturated carbocycles. The summed E-state index contributed by atoms with van der Waals surface area (Å²) in [4.78, 5) is 24.0. The van der Waals surface area contributed by atoms with E-state index in [0.29, 0.717) is 5.56 Å². The Kier molecular flexibility index (Phi) is 5.63. The van der Waals surface area contributed by atoms with Crippen molar-refractivity contribution in [2.24, 2.45) is 0 Å². The van der Waals surface area contributed by atoms with Gasteiger partial charge in [0.1, 0.15) is 17.3 Å². The Labute approximate surface area is 138 Å². The van der Waals surface area contributed by atoms with Crippen molar-refractivity contribution in [3.8, 4) is 0 Å². The van der Waals surface area contributed by atoms with Gasteiger partial charge >= 0.3 is 0 Å². The van der Waals surface area contributed by atoms with E-state index in [1.807, 2.05) is 13.8 Å². The third-order valence-electron chi connectivity index (χ3n) is 3.60. The minimum atomic E-state index is -0.854. The number of halogens is 2. The van der Waals surface area contributed by atoms with Gasteiger partial charge in [0.15, 0.2) is 0 Å². The number of carbonyl (C=O) groups excluding carboxylic acids is 2. The normalized spacial score (nSPS) is 11.7. The molecule has 0 aliphatic rings. The Morgan fingerprint density at radius 2 is 1.46 bits per heavy atom. The number of hydrogen-bond acceptors (Lipinski definition) is 2. The van der Waals surface area contributed by atoms with Crippen LogP contribution in [0.1, 0.15) is 41.0 Å². The van der Waals surface area contributed by atoms with E-state index >= 15 is 0 Å². The fourth-order valence-corrected chi connectivity index (χ4v) is 1.99. The average molecular weight is 332 g/mol. The fourth-order valence-electron chi connectivity index (χ4n) is 1.99. The topological polar surface area (TPSA) is 58.2 Å². The van der Waals surface area contributed by atoms with E-state index in [0.717, 1.165) is 18.6 Å². The predicted octanol–water partition coefficient (Wildman–Crippen LogP) is 3.75. The molecule has 2 rings (SSSR count). The maximum atomic E-state index is 13.5. The van der Waals surface area contributed by atoms with Gasteiger partial charge in [-0.15, -0.1) is 0 Å². The number of nitrogens with one attached hydrogen (secondary N) is 2. The maximum Gasteiger partial charge on any atom is 0.255 e. The van der Waals surface area contributed by atoms with E-state index in [4.69, 9.17) is 0 Å². The lowest BCUT2D eigenvalue weighted by atomic mass is 10.1. The van der Waals surface area contributed by atoms with Crippen molar-refractivity contribution in [1.82, 2.24) is 5.32 Å². The highest BCUT2D eigenvalue weighted by Gasteiger charge is 2.14. The summed E-state index contributed by atoms with van der Waals surface area (Å²) in [7, 11) is 0. The van der Waals surface area contributed by atoms with Gasteiger partial charge < -0.3 is 10.6 Å². The summed E-state index contributed by atoms with van der Waals surface area (Å²) in [5.74, 6) is -2.61. The number of carbonyl (C=O) groups is 2. The highest BCUT2D eigenvalue weighted by molar-refractivity contribution is 6.05. The zero-order chi connectivity index (χ0) is 17.7. The van der Waals surface area contributed by atoms with E-state index in [-0.39, 0.29) is 17.5 Å². The molecular weight excluding hydrogens is 314 g/mol. The van der Waals surface area contributed by atoms with Crippen molar-refractivity contribution in [2.45, 2.75) is 26.3 Å². The van der Waals surface area contributed by atoms with Crippen molar-refractivity contribution >= 4 is 17.5 Å². The zero-order valence-electron chi connectivity index (χ0n) is 13.4. The van der Waals surface area contributed by atoms with Gasteiger partial charge in [0.2, 0.25) is 0 Å². The SMILES string of the molecule is CCC(C)NC(=O)c1ccc(C(=O)Nc2c(F)cccc2F)cc1. The third kappa shape index (κ3) is 4.16. The van der Waals surface area contributed by atoms with Crippen molar-refractivity contribution < 1.29 is 18.4 Å². The van der Waals surface area contributed by atoms with Gasteiger partial charge in [-0.25, -0.2) is 8.78 Å². The van der Waals surface area contributed by atoms with Crippen LogP contribution in [0.5, 0.6) is 0 Å². The molecule has 2 amide bonds. The molecule has 1 atom stereocenters. The smallest absolute Gasteiger partial charge is 0.255 e. The highest BCUT2D eigenvalue weighted by atomic mass is 19.1. The van der Waals surface area contributed by atoms with Crippen LogP contribution in [0.2, 0.25) is 0 Å². The van der Waals surface area contributed by atoms with Crippen molar-refractivity contribution in [2.75, 3.05) is 5.32 Å². The van der Waals surface area contributed by atoms with Gasteiger partial charge in [0.25, 0.3) is 11.8 Å². The molecule has 0 aliphatic heterocycles. The maximum absolute atomic E-state index is 13.5. The van der Waals surface area contributed by atoms with E-state index in [2.05, 4.69) is 10.6 Å². The first-order valence-corrected chi connectivity index (χ1v) is 7.58. The second kappa shape index (κ2) is 7.68. The average Bonchev–Trinajstić information content (AvgIpc) is 2.58. The number of rotatable bonds is 5. The molecule has 0 spiro atoms. The van der Waals surface area contributed by atoms with Gasteiger partial charge in [0, 0.05) is 17.2 Å². The molecule has 24 heavy (non-hydrogen) atoms. The molecule has 0 aliphatic carbocycles. The summed E-state index contributed by atoms with van der Waals surface area (Å²) >= 11 is 0. The second-order valence-electron chi connectivity index (χ2n) is 5.41. The monoisotopic (exact) mass is 332 g/mol. The first-order chi connectivity index (χ1) is 11.4. The number of para-hydroxylation sites is 1. The Bertz CT molecular complexity index is 725. The van der Waals surface area contributed by atoms with Gasteiger partial charge in [-0.2, -0.15) is 0 Å². The van der Waals surface area contributed by atoms with Crippen LogP contribution in [0.3, 0.4) is 0 Å². The van der Waals surface area contributed by atoms with E-state index < -0.39 is 23.2 Å². The minimum absolute atomic E-state index is 0.0458. The lowest BCUT2D eigenvalue weighted by Gasteiger charge is -2.11. The molecule has 0 aromatic heterocycles. The molecule has 126 valence electrons. The largest absolute Gasteiger partial charge is 0.350 e. The van der Waals surface area contributed by atoms with Crippen LogP contribution in [-0.4, -0.2) is 17.9 Å². The molecule has 0 fully saturated rings. The van der Waals surface area contributed by atoms with Crippen molar-refractivity contribution in [3.05, 3.63) is 65.2 Å². The molecule has 6 heteroatoms. The molecule has 0 heterocycles. The van der Waals surface area contributed by atoms with Crippen molar-refractivity contribution in [1.29, 1.82) is 0 Å². The van der Waals surface area contributed by atoms with Crippen LogP contribution in [0, 0.1) is 11.6 Å². The van der Waals surface area contributed by atoms with Crippen LogP contribution < -0.4 is 10.6 Å². The van der Waals surface area contributed by atoms with Gasteiger partial charge in [-0.1, -0.05) is 13.0 Å². The molecule has 1 unspecified atom stereocenters. The third-order valence-corrected chi connectivity index (χ3v) is 3.60. The standard InChI is InChI=1S/C18H18F2N2O2/c1-3-11(2)21-17(23)12-7-9-13(10-8-12)18(24)22-16-14(19)5-4-6-15(16)20/h4-11H,3H2,1-2H3,(H,21,23)(H,22,24). The highest BCUT2D eigenvalue weighted by Crippen LogP contribution is 2.19. The number of benzene rings is 2. The number of amides is 2. The van der Waals surface area contributed by atoms with E-state index in [9.17, 15) is 18.4 Å². The lowest BCUT2D eigenvalue weighted by molar-refractivity contribution is 0.0937. The fraction of sp³-hybridized carbons (Fsp3) is 0.222. The molecule has 0 bridgehead atoms. The van der Waals surface area contributed by atoms with Crippen LogP contribution in [0.4, 0.5) is 14.5 Å². The first kappa shape index (κ1) is 17.6. The van der Waals surface area contributed by atoms with Crippen molar-refractivity contribution in [3.63, 3.8) is 0 Å². The van der Waals surface area contributed by atoms with E-state index in [1.54, 1.807) is 0 Å². The van der Waals surface area contributed by atoms with Crippen LogP contribution >= 0.6 is 0 Å². The number of hydrogen-bond donors (Lipinski definition) is 2. The molecule has 0 saturated heterocycles. The molecule has 2 N–H and O–H groups in total. The molecule has 2 aromatic rings. The van der Waals surface area contributed by atoms with E-state index in [1.165, 1.54) is 30.3 Å². The second-order valence-corrected chi connectivity index (χ2v) is 5.41. The molecular formula is C18H18F2N2O2. The van der Waals surface area contributed by atoms with Crippen LogP contribution in [-0.2, 0) is 0 Å². The van der Waals surface area contributed by atoms with Gasteiger partial charge in [-0.3, -0.25) is 9.59 Å². The molecule has 2 aromatic carbocycles. The zero-order valence-corrected chi connectivity index (χ0v) is 13.4. The van der Waals surface area contributed by atoms with Gasteiger partial charge in [-0.05, 0) is 49.7 Å². The lowest BCUT2D eigenvalue weighted by Crippen LogP contribution is -2.31. The summed E-state index contributed by atoms with van der Waals surface area (Å²) in [5, 5.41) is 5.01. The summed E-state index contributed by atoms with van der Waals surface area (Å²) in [6.07, 6.45) is 0.806. The predicted molar refractivity (Wildman–Crippen MR) is 88.0 cm³/mol. The number of anilines is 1. The van der Waals surface area contributed by atoms with Crippen LogP contribution in [0.25, 0.3) is 0 Å². The Balaban J connectivity index is 2.10. The van der Waals surface area contributed by atoms with Gasteiger partial charge in [0.05, 0.1) is 0 Å². The quantitative estimate of drug-likeness (QED) is 0.876. The Hall–Kier alpha value is -2.76. The Morgan fingerprint density at radius 1 is 0.958 bits per heavy atom. The Morgan fingerprint density at radius 3 is 1.96 bits per heavy atom. The molecule has 0 radical (unpaired) electrons. The summed E-state index contributed by atoms with van der Waals surface area (Å²) in [6.45, 7) is 3.85. The summed E-state index contributed by atoms with van der Waals surface area (Å²) < 4.78 is 27.1. The molecule has 4 nitrogen and oxygen atoms in total. The van der Waals surface area contributed by atoms with Crippen LogP contribution in [0.15, 0.2) is 42.5 Å². The summed E-state index contributed by atoms with van der Waals surface area (Å²) in [6, 6.07) is 9.21.